The number of piperidine rings is 1. The molecular formula is C24H29FN2S2. The fourth-order valence-electron chi connectivity index (χ4n) is 4.30. The molecule has 1 aliphatic heterocycles. The van der Waals surface area contributed by atoms with E-state index in [9.17, 15) is 4.39 Å². The van der Waals surface area contributed by atoms with Crippen LogP contribution >= 0.6 is 23.1 Å². The average Bonchev–Trinajstić information content (AvgIpc) is 3.16. The molecule has 0 amide bonds. The minimum Gasteiger partial charge on any atom is -0.303 e. The molecule has 0 saturated carbocycles. The number of thiazole rings is 1. The largest absolute Gasteiger partial charge is 0.303 e. The van der Waals surface area contributed by atoms with E-state index < -0.39 is 0 Å². The molecule has 3 aromatic rings. The predicted molar refractivity (Wildman–Crippen MR) is 124 cm³/mol. The van der Waals surface area contributed by atoms with Crippen LogP contribution in [-0.4, -0.2) is 35.3 Å². The highest BCUT2D eigenvalue weighted by Crippen LogP contribution is 2.38. The van der Waals surface area contributed by atoms with Gasteiger partial charge in [-0.2, -0.15) is 0 Å². The molecule has 0 N–H and O–H groups in total. The second-order valence-corrected chi connectivity index (χ2v) is 10.3. The maximum atomic E-state index is 13.4. The summed E-state index contributed by atoms with van der Waals surface area (Å²) in [5.41, 5.74) is 2.38. The second kappa shape index (κ2) is 10.1. The molecule has 1 saturated heterocycles. The highest BCUT2D eigenvalue weighted by atomic mass is 32.2. The van der Waals surface area contributed by atoms with Crippen molar-refractivity contribution in [2.24, 2.45) is 5.92 Å². The Labute approximate surface area is 181 Å². The van der Waals surface area contributed by atoms with Crippen molar-refractivity contribution < 1.29 is 4.39 Å². The number of fused-ring (bicyclic) bond motifs is 1. The number of para-hydroxylation sites is 1. The fourth-order valence-corrected chi connectivity index (χ4v) is 6.57. The first kappa shape index (κ1) is 20.8. The Kier molecular flexibility index (Phi) is 7.22. The van der Waals surface area contributed by atoms with Gasteiger partial charge in [-0.3, -0.25) is 0 Å². The molecule has 2 heterocycles. The molecule has 4 rings (SSSR count). The zero-order chi connectivity index (χ0) is 20.1. The molecule has 2 aromatic carbocycles. The Morgan fingerprint density at radius 3 is 2.76 bits per heavy atom. The highest BCUT2D eigenvalue weighted by molar-refractivity contribution is 8.01. The zero-order valence-corrected chi connectivity index (χ0v) is 18.7. The van der Waals surface area contributed by atoms with Crippen LogP contribution in [0.2, 0.25) is 0 Å². The van der Waals surface area contributed by atoms with E-state index in [1.165, 1.54) is 36.1 Å². The Morgan fingerprint density at radius 1 is 1.14 bits per heavy atom. The number of benzene rings is 2. The number of unbranched alkanes of at least 4 members (excludes halogenated alkanes) is 2. The third-order valence-electron chi connectivity index (χ3n) is 5.89. The van der Waals surface area contributed by atoms with Crippen LogP contribution in [0.25, 0.3) is 10.2 Å². The third kappa shape index (κ3) is 5.39. The zero-order valence-electron chi connectivity index (χ0n) is 17.0. The second-order valence-electron chi connectivity index (χ2n) is 7.97. The van der Waals surface area contributed by atoms with Gasteiger partial charge in [0.15, 0.2) is 4.34 Å². The Morgan fingerprint density at radius 2 is 1.97 bits per heavy atom. The van der Waals surface area contributed by atoms with Crippen molar-refractivity contribution in [3.8, 4) is 0 Å². The normalized spacial score (nSPS) is 20.3. The summed E-state index contributed by atoms with van der Waals surface area (Å²) in [5.74, 6) is 1.98. The van der Waals surface area contributed by atoms with Gasteiger partial charge in [-0.25, -0.2) is 9.37 Å². The van der Waals surface area contributed by atoms with Gasteiger partial charge in [0.25, 0.3) is 0 Å². The van der Waals surface area contributed by atoms with Crippen molar-refractivity contribution in [1.82, 2.24) is 9.88 Å². The molecule has 1 aromatic heterocycles. The van der Waals surface area contributed by atoms with Gasteiger partial charge < -0.3 is 4.90 Å². The minimum atomic E-state index is -0.147. The van der Waals surface area contributed by atoms with Crippen molar-refractivity contribution in [3.63, 3.8) is 0 Å². The summed E-state index contributed by atoms with van der Waals surface area (Å²) in [6.07, 6.45) is 5.02. The minimum absolute atomic E-state index is 0.147. The summed E-state index contributed by atoms with van der Waals surface area (Å²) >= 11 is 3.68. The van der Waals surface area contributed by atoms with Crippen LogP contribution in [0.3, 0.4) is 0 Å². The summed E-state index contributed by atoms with van der Waals surface area (Å²) in [5, 5.41) is 0. The lowest BCUT2D eigenvalue weighted by Gasteiger charge is -2.39. The van der Waals surface area contributed by atoms with E-state index in [4.69, 9.17) is 4.98 Å². The van der Waals surface area contributed by atoms with Gasteiger partial charge in [0.05, 0.1) is 10.2 Å². The number of halogens is 1. The molecule has 1 aliphatic rings. The van der Waals surface area contributed by atoms with Gasteiger partial charge in [0, 0.05) is 12.3 Å². The molecule has 29 heavy (non-hydrogen) atoms. The lowest BCUT2D eigenvalue weighted by molar-refractivity contribution is 0.163. The molecule has 1 fully saturated rings. The van der Waals surface area contributed by atoms with Gasteiger partial charge in [-0.15, -0.1) is 11.3 Å². The van der Waals surface area contributed by atoms with Crippen molar-refractivity contribution in [3.05, 3.63) is 59.9 Å². The monoisotopic (exact) mass is 428 g/mol. The molecule has 0 aliphatic carbocycles. The van der Waals surface area contributed by atoms with E-state index in [2.05, 4.69) is 36.1 Å². The number of thioether (sulfide) groups is 1. The van der Waals surface area contributed by atoms with Gasteiger partial charge in [0.1, 0.15) is 5.82 Å². The summed E-state index contributed by atoms with van der Waals surface area (Å²) in [4.78, 5) is 7.44. The highest BCUT2D eigenvalue weighted by Gasteiger charge is 2.30. The van der Waals surface area contributed by atoms with E-state index in [0.717, 1.165) is 35.1 Å². The smallest absolute Gasteiger partial charge is 0.151 e. The Hall–Kier alpha value is -1.43. The van der Waals surface area contributed by atoms with Crippen molar-refractivity contribution in [2.75, 3.05) is 25.4 Å². The standard InChI is InChI=1S/C24H29FN2S2/c1-2-3-6-14-27-15-13-21(18-9-11-20(25)12-10-18)19(16-27)17-28-24-26-22-7-4-5-8-23(22)29-24/h4-5,7-12,19,21H,2-3,6,13-17H2,1H3/t19-,21-/m0/s1. The van der Waals surface area contributed by atoms with Crippen molar-refractivity contribution in [1.29, 1.82) is 0 Å². The summed E-state index contributed by atoms with van der Waals surface area (Å²) in [6.45, 7) is 5.74. The lowest BCUT2D eigenvalue weighted by Crippen LogP contribution is -2.41. The molecule has 0 bridgehead atoms. The topological polar surface area (TPSA) is 16.1 Å². The Bertz CT molecular complexity index is 876. The van der Waals surface area contributed by atoms with Crippen molar-refractivity contribution in [2.45, 2.75) is 42.9 Å². The van der Waals surface area contributed by atoms with E-state index in [0.29, 0.717) is 11.8 Å². The summed E-state index contributed by atoms with van der Waals surface area (Å²) < 4.78 is 15.9. The maximum Gasteiger partial charge on any atom is 0.151 e. The lowest BCUT2D eigenvalue weighted by atomic mass is 9.81. The van der Waals surface area contributed by atoms with Gasteiger partial charge in [-0.05, 0) is 67.6 Å². The SMILES string of the molecule is CCCCCN1CC[C@@H](c2ccc(F)cc2)[C@H](CSc2nc3ccccc3s2)C1. The first-order valence-corrected chi connectivity index (χ1v) is 12.5. The van der Waals surface area contributed by atoms with E-state index in [1.54, 1.807) is 23.5 Å². The number of nitrogens with zero attached hydrogens (tertiary/aromatic N) is 2. The molecule has 0 radical (unpaired) electrons. The summed E-state index contributed by atoms with van der Waals surface area (Å²) in [6, 6.07) is 15.6. The number of rotatable bonds is 8. The molecule has 5 heteroatoms. The molecular weight excluding hydrogens is 399 g/mol. The van der Waals surface area contributed by atoms with E-state index in [-0.39, 0.29) is 5.82 Å². The van der Waals surface area contributed by atoms with E-state index in [1.807, 2.05) is 23.9 Å². The number of hydrogen-bond donors (Lipinski definition) is 0. The van der Waals surface area contributed by atoms with Crippen LogP contribution in [0.5, 0.6) is 0 Å². The quantitative estimate of drug-likeness (QED) is 0.289. The van der Waals surface area contributed by atoms with Crippen LogP contribution in [0.4, 0.5) is 4.39 Å². The number of aromatic nitrogens is 1. The van der Waals surface area contributed by atoms with Crippen LogP contribution in [0.1, 0.15) is 44.1 Å². The van der Waals surface area contributed by atoms with Crippen LogP contribution in [0.15, 0.2) is 52.9 Å². The molecule has 154 valence electrons. The van der Waals surface area contributed by atoms with Crippen LogP contribution < -0.4 is 0 Å². The van der Waals surface area contributed by atoms with Gasteiger partial charge >= 0.3 is 0 Å². The van der Waals surface area contributed by atoms with Crippen LogP contribution in [0, 0.1) is 11.7 Å². The van der Waals surface area contributed by atoms with E-state index >= 15 is 0 Å². The average molecular weight is 429 g/mol. The Balaban J connectivity index is 1.46. The summed E-state index contributed by atoms with van der Waals surface area (Å²) in [7, 11) is 0. The molecule has 2 atom stereocenters. The van der Waals surface area contributed by atoms with Gasteiger partial charge in [0.2, 0.25) is 0 Å². The fraction of sp³-hybridized carbons (Fsp3) is 0.458. The molecule has 0 unspecified atom stereocenters. The molecule has 0 spiro atoms. The number of hydrogen-bond acceptors (Lipinski definition) is 4. The number of likely N-dealkylation sites (tertiary alicyclic amines) is 1. The maximum absolute atomic E-state index is 13.4. The van der Waals surface area contributed by atoms with Crippen molar-refractivity contribution >= 4 is 33.3 Å². The third-order valence-corrected chi connectivity index (χ3v) is 8.26. The van der Waals surface area contributed by atoms with Gasteiger partial charge in [-0.1, -0.05) is 55.8 Å². The first-order valence-electron chi connectivity index (χ1n) is 10.7. The molecule has 2 nitrogen and oxygen atoms in total. The first-order chi connectivity index (χ1) is 14.2. The van der Waals surface area contributed by atoms with Crippen LogP contribution in [-0.2, 0) is 0 Å². The predicted octanol–water partition coefficient (Wildman–Crippen LogP) is 6.82.